The second-order valence-corrected chi connectivity index (χ2v) is 5.58. The lowest BCUT2D eigenvalue weighted by Gasteiger charge is -2.09. The lowest BCUT2D eigenvalue weighted by molar-refractivity contribution is -0.123. The van der Waals surface area contributed by atoms with Gasteiger partial charge in [-0.1, -0.05) is 33.6 Å². The van der Waals surface area contributed by atoms with Gasteiger partial charge in [0.15, 0.2) is 6.61 Å². The first-order valence-corrected chi connectivity index (χ1v) is 7.30. The van der Waals surface area contributed by atoms with E-state index in [0.29, 0.717) is 17.3 Å². The largest absolute Gasteiger partial charge is 0.484 e. The Morgan fingerprint density at radius 1 is 1.24 bits per heavy atom. The number of hydrogen-bond donors (Lipinski definition) is 1. The first-order chi connectivity index (χ1) is 10.0. The third kappa shape index (κ3) is 5.02. The fraction of sp³-hybridized carbons (Fsp3) is 0.133. The minimum Gasteiger partial charge on any atom is -0.484 e. The fourth-order valence-corrected chi connectivity index (χ4v) is 2.33. The van der Waals surface area contributed by atoms with Crippen molar-refractivity contribution in [1.29, 1.82) is 0 Å². The summed E-state index contributed by atoms with van der Waals surface area (Å²) in [6.07, 6.45) is 0. The molecule has 1 N–H and O–H groups in total. The summed E-state index contributed by atoms with van der Waals surface area (Å²) in [5.74, 6) is -0.191. The minimum absolute atomic E-state index is 0.139. The normalized spacial score (nSPS) is 10.2. The molecule has 0 radical (unpaired) electrons. The second kappa shape index (κ2) is 7.43. The third-order valence-corrected chi connectivity index (χ3v) is 3.52. The van der Waals surface area contributed by atoms with E-state index in [1.165, 1.54) is 24.3 Å². The Morgan fingerprint density at radius 2 is 1.95 bits per heavy atom. The summed E-state index contributed by atoms with van der Waals surface area (Å²) in [4.78, 5) is 11.7. The third-order valence-electron chi connectivity index (χ3n) is 2.67. The zero-order valence-electron chi connectivity index (χ0n) is 10.9. The molecule has 0 aliphatic carbocycles. The van der Waals surface area contributed by atoms with Crippen LogP contribution < -0.4 is 10.1 Å². The standard InChI is InChI=1S/C15H12BrClFNO2/c16-11-2-1-10(14(17)7-11)8-19-15(20)9-21-13-5-3-12(18)4-6-13/h1-7H,8-9H2,(H,19,20). The number of halogens is 3. The van der Waals surface area contributed by atoms with Gasteiger partial charge in [-0.2, -0.15) is 0 Å². The molecule has 2 rings (SSSR count). The number of carbonyl (C=O) groups is 1. The summed E-state index contributed by atoms with van der Waals surface area (Å²) in [7, 11) is 0. The summed E-state index contributed by atoms with van der Waals surface area (Å²) < 4.78 is 18.8. The minimum atomic E-state index is -0.350. The van der Waals surface area contributed by atoms with Crippen LogP contribution in [-0.4, -0.2) is 12.5 Å². The lowest BCUT2D eigenvalue weighted by Crippen LogP contribution is -2.28. The van der Waals surface area contributed by atoms with Crippen molar-refractivity contribution in [2.45, 2.75) is 6.54 Å². The number of amides is 1. The topological polar surface area (TPSA) is 38.3 Å². The van der Waals surface area contributed by atoms with E-state index < -0.39 is 0 Å². The van der Waals surface area contributed by atoms with Gasteiger partial charge in [-0.05, 0) is 42.0 Å². The highest BCUT2D eigenvalue weighted by atomic mass is 79.9. The molecule has 3 nitrogen and oxygen atoms in total. The monoisotopic (exact) mass is 371 g/mol. The second-order valence-electron chi connectivity index (χ2n) is 4.26. The summed E-state index contributed by atoms with van der Waals surface area (Å²) in [5.41, 5.74) is 0.815. The van der Waals surface area contributed by atoms with E-state index in [1.807, 2.05) is 12.1 Å². The van der Waals surface area contributed by atoms with E-state index in [0.717, 1.165) is 10.0 Å². The van der Waals surface area contributed by atoms with Gasteiger partial charge in [0, 0.05) is 16.0 Å². The van der Waals surface area contributed by atoms with E-state index in [4.69, 9.17) is 16.3 Å². The molecule has 1 amide bonds. The quantitative estimate of drug-likeness (QED) is 0.863. The number of benzene rings is 2. The maximum absolute atomic E-state index is 12.7. The van der Waals surface area contributed by atoms with Crippen molar-refractivity contribution in [3.63, 3.8) is 0 Å². The summed E-state index contributed by atoms with van der Waals surface area (Å²) in [5, 5.41) is 3.28. The summed E-state index contributed by atoms with van der Waals surface area (Å²) in [6.45, 7) is 0.178. The van der Waals surface area contributed by atoms with Gasteiger partial charge in [-0.15, -0.1) is 0 Å². The number of carbonyl (C=O) groups excluding carboxylic acids is 1. The molecule has 2 aromatic rings. The zero-order valence-corrected chi connectivity index (χ0v) is 13.2. The van der Waals surface area contributed by atoms with Crippen LogP contribution >= 0.6 is 27.5 Å². The molecular weight excluding hydrogens is 361 g/mol. The fourth-order valence-electron chi connectivity index (χ4n) is 1.59. The van der Waals surface area contributed by atoms with Crippen LogP contribution in [0.5, 0.6) is 5.75 Å². The first-order valence-electron chi connectivity index (χ1n) is 6.13. The van der Waals surface area contributed by atoms with Gasteiger partial charge in [0.2, 0.25) is 0 Å². The van der Waals surface area contributed by atoms with Crippen LogP contribution in [0.3, 0.4) is 0 Å². The van der Waals surface area contributed by atoms with E-state index in [1.54, 1.807) is 6.07 Å². The highest BCUT2D eigenvalue weighted by Crippen LogP contribution is 2.21. The van der Waals surface area contributed by atoms with Gasteiger partial charge in [-0.25, -0.2) is 4.39 Å². The van der Waals surface area contributed by atoms with Crippen molar-refractivity contribution in [1.82, 2.24) is 5.32 Å². The molecular formula is C15H12BrClFNO2. The van der Waals surface area contributed by atoms with Crippen LogP contribution in [-0.2, 0) is 11.3 Å². The van der Waals surface area contributed by atoms with Crippen LogP contribution in [0.4, 0.5) is 4.39 Å². The lowest BCUT2D eigenvalue weighted by atomic mass is 10.2. The van der Waals surface area contributed by atoms with E-state index in [2.05, 4.69) is 21.2 Å². The van der Waals surface area contributed by atoms with E-state index >= 15 is 0 Å². The Labute approximate surface area is 135 Å². The highest BCUT2D eigenvalue weighted by molar-refractivity contribution is 9.10. The summed E-state index contributed by atoms with van der Waals surface area (Å²) in [6, 6.07) is 10.9. The smallest absolute Gasteiger partial charge is 0.258 e. The maximum atomic E-state index is 12.7. The van der Waals surface area contributed by atoms with Crippen LogP contribution in [0.15, 0.2) is 46.9 Å². The molecule has 0 spiro atoms. The molecule has 0 unspecified atom stereocenters. The van der Waals surface area contributed by atoms with Gasteiger partial charge < -0.3 is 10.1 Å². The van der Waals surface area contributed by atoms with Crippen LogP contribution in [0, 0.1) is 5.82 Å². The average Bonchev–Trinajstić information content (AvgIpc) is 2.46. The summed E-state index contributed by atoms with van der Waals surface area (Å²) >= 11 is 9.37. The maximum Gasteiger partial charge on any atom is 0.258 e. The number of rotatable bonds is 5. The Balaban J connectivity index is 1.80. The van der Waals surface area contributed by atoms with Crippen LogP contribution in [0.2, 0.25) is 5.02 Å². The Kier molecular flexibility index (Phi) is 5.59. The van der Waals surface area contributed by atoms with Crippen LogP contribution in [0.25, 0.3) is 0 Å². The highest BCUT2D eigenvalue weighted by Gasteiger charge is 2.05. The predicted octanol–water partition coefficient (Wildman–Crippen LogP) is 3.94. The van der Waals surface area contributed by atoms with Gasteiger partial charge in [0.1, 0.15) is 11.6 Å². The van der Waals surface area contributed by atoms with E-state index in [9.17, 15) is 9.18 Å². The molecule has 0 aliphatic rings. The molecule has 21 heavy (non-hydrogen) atoms. The molecule has 0 heterocycles. The molecule has 0 aromatic heterocycles. The molecule has 0 saturated heterocycles. The van der Waals surface area contributed by atoms with Gasteiger partial charge in [0.25, 0.3) is 5.91 Å². The molecule has 0 fully saturated rings. The average molecular weight is 373 g/mol. The van der Waals surface area contributed by atoms with Crippen molar-refractivity contribution in [2.24, 2.45) is 0 Å². The molecule has 0 bridgehead atoms. The van der Waals surface area contributed by atoms with Gasteiger partial charge >= 0.3 is 0 Å². The van der Waals surface area contributed by atoms with Crippen molar-refractivity contribution in [3.8, 4) is 5.75 Å². The SMILES string of the molecule is O=C(COc1ccc(F)cc1)NCc1ccc(Br)cc1Cl. The van der Waals surface area contributed by atoms with Crippen molar-refractivity contribution in [2.75, 3.05) is 6.61 Å². The number of ether oxygens (including phenoxy) is 1. The Hall–Kier alpha value is -1.59. The van der Waals surface area contributed by atoms with Crippen molar-refractivity contribution < 1.29 is 13.9 Å². The zero-order chi connectivity index (χ0) is 15.2. The molecule has 110 valence electrons. The first kappa shape index (κ1) is 15.8. The molecule has 0 saturated carbocycles. The van der Waals surface area contributed by atoms with Gasteiger partial charge in [0.05, 0.1) is 0 Å². The Morgan fingerprint density at radius 3 is 2.62 bits per heavy atom. The van der Waals surface area contributed by atoms with Crippen LogP contribution in [0.1, 0.15) is 5.56 Å². The van der Waals surface area contributed by atoms with Crippen molar-refractivity contribution >= 4 is 33.4 Å². The number of nitrogens with one attached hydrogen (secondary N) is 1. The van der Waals surface area contributed by atoms with Gasteiger partial charge in [-0.3, -0.25) is 4.79 Å². The van der Waals surface area contributed by atoms with E-state index in [-0.39, 0.29) is 18.3 Å². The Bertz CT molecular complexity index is 634. The van der Waals surface area contributed by atoms with Crippen molar-refractivity contribution in [3.05, 3.63) is 63.3 Å². The number of hydrogen-bond acceptors (Lipinski definition) is 2. The molecule has 0 atom stereocenters. The molecule has 2 aromatic carbocycles. The molecule has 6 heteroatoms. The molecule has 0 aliphatic heterocycles. The predicted molar refractivity (Wildman–Crippen MR) is 82.9 cm³/mol.